The molecule has 0 N–H and O–H groups in total. The Morgan fingerprint density at radius 2 is 1.06 bits per heavy atom. The number of furan rings is 2. The van der Waals surface area contributed by atoms with Crippen molar-refractivity contribution in [3.05, 3.63) is 146 Å². The third-order valence-corrected chi connectivity index (χ3v) is 10.6. The molecule has 5 nitrogen and oxygen atoms in total. The fraction of sp³-hybridized carbons (Fsp3) is 0. The van der Waals surface area contributed by atoms with Crippen LogP contribution in [0.1, 0.15) is 0 Å². The van der Waals surface area contributed by atoms with Crippen LogP contribution in [0.15, 0.2) is 159 Å². The zero-order chi connectivity index (χ0) is 32.1. The number of aromatic nitrogens is 1. The van der Waals surface area contributed by atoms with Crippen molar-refractivity contribution in [2.24, 2.45) is 0 Å². The molecule has 0 saturated carbocycles. The normalized spacial score (nSPS) is 12.1. The van der Waals surface area contributed by atoms with Gasteiger partial charge >= 0.3 is 0 Å². The van der Waals surface area contributed by atoms with Crippen LogP contribution in [0.2, 0.25) is 0 Å². The highest BCUT2D eigenvalue weighted by Gasteiger charge is 2.21. The molecule has 0 unspecified atom stereocenters. The SMILES string of the molecule is c1ccc(-c2nc3c(ccc4oc5cc(N(c6ccc7c(c6)oc6ccccc67)c6ccc7sc8ccccc8c7c6)ccc5c43)o2)cc1. The van der Waals surface area contributed by atoms with Crippen molar-refractivity contribution in [3.63, 3.8) is 0 Å². The molecular formula is C43H24N2O3S. The van der Waals surface area contributed by atoms with Gasteiger partial charge in [0.05, 0.1) is 5.39 Å². The second-order valence-corrected chi connectivity index (χ2v) is 13.4. The van der Waals surface area contributed by atoms with Gasteiger partial charge in [-0.3, -0.25) is 0 Å². The van der Waals surface area contributed by atoms with Gasteiger partial charge in [0.2, 0.25) is 5.89 Å². The molecular weight excluding hydrogens is 625 g/mol. The van der Waals surface area contributed by atoms with E-state index in [2.05, 4.69) is 95.9 Å². The van der Waals surface area contributed by atoms with Crippen molar-refractivity contribution >= 4 is 104 Å². The predicted octanol–water partition coefficient (Wildman–Crippen LogP) is 13.1. The first-order valence-corrected chi connectivity index (χ1v) is 17.0. The van der Waals surface area contributed by atoms with Crippen LogP contribution in [0.4, 0.5) is 17.1 Å². The van der Waals surface area contributed by atoms with E-state index in [4.69, 9.17) is 18.2 Å². The molecule has 0 bridgehead atoms. The Morgan fingerprint density at radius 3 is 1.94 bits per heavy atom. The van der Waals surface area contributed by atoms with Gasteiger partial charge in [0.15, 0.2) is 5.58 Å². The maximum atomic E-state index is 6.54. The Kier molecular flexibility index (Phi) is 5.48. The lowest BCUT2D eigenvalue weighted by atomic mass is 10.1. The van der Waals surface area contributed by atoms with E-state index < -0.39 is 0 Å². The van der Waals surface area contributed by atoms with Crippen LogP contribution in [0.25, 0.3) is 86.6 Å². The largest absolute Gasteiger partial charge is 0.456 e. The molecule has 0 saturated heterocycles. The second-order valence-electron chi connectivity index (χ2n) is 12.3. The molecule has 11 rings (SSSR count). The molecule has 6 heteroatoms. The van der Waals surface area contributed by atoms with Gasteiger partial charge < -0.3 is 18.2 Å². The van der Waals surface area contributed by atoms with E-state index in [1.54, 1.807) is 0 Å². The zero-order valence-corrected chi connectivity index (χ0v) is 26.7. The Morgan fingerprint density at radius 1 is 0.429 bits per heavy atom. The van der Waals surface area contributed by atoms with E-state index in [0.717, 1.165) is 77.6 Å². The van der Waals surface area contributed by atoms with Crippen LogP contribution in [0.5, 0.6) is 0 Å². The molecule has 230 valence electrons. The minimum Gasteiger partial charge on any atom is -0.456 e. The predicted molar refractivity (Wildman–Crippen MR) is 202 cm³/mol. The molecule has 0 aliphatic carbocycles. The highest BCUT2D eigenvalue weighted by Crippen LogP contribution is 2.44. The van der Waals surface area contributed by atoms with Crippen molar-refractivity contribution < 1.29 is 13.3 Å². The average Bonchev–Trinajstić information content (AvgIpc) is 3.92. The first kappa shape index (κ1) is 26.7. The number of thiophene rings is 1. The van der Waals surface area contributed by atoms with Gasteiger partial charge in [-0.25, -0.2) is 4.98 Å². The number of rotatable bonds is 4. The summed E-state index contributed by atoms with van der Waals surface area (Å²) in [5.41, 5.74) is 8.76. The van der Waals surface area contributed by atoms with Crippen molar-refractivity contribution in [2.45, 2.75) is 0 Å². The summed E-state index contributed by atoms with van der Waals surface area (Å²) in [5.74, 6) is 0.595. The molecule has 0 atom stereocenters. The highest BCUT2D eigenvalue weighted by atomic mass is 32.1. The summed E-state index contributed by atoms with van der Waals surface area (Å²) in [6.45, 7) is 0. The van der Waals surface area contributed by atoms with E-state index in [-0.39, 0.29) is 0 Å². The zero-order valence-electron chi connectivity index (χ0n) is 25.9. The quantitative estimate of drug-likeness (QED) is 0.190. The van der Waals surface area contributed by atoms with Crippen LogP contribution in [0.3, 0.4) is 0 Å². The number of para-hydroxylation sites is 1. The van der Waals surface area contributed by atoms with Crippen LogP contribution < -0.4 is 4.90 Å². The van der Waals surface area contributed by atoms with Crippen LogP contribution in [-0.4, -0.2) is 4.98 Å². The molecule has 11 aromatic rings. The molecule has 4 heterocycles. The highest BCUT2D eigenvalue weighted by molar-refractivity contribution is 7.25. The molecule has 7 aromatic carbocycles. The van der Waals surface area contributed by atoms with E-state index in [9.17, 15) is 0 Å². The van der Waals surface area contributed by atoms with Crippen molar-refractivity contribution in [1.82, 2.24) is 4.98 Å². The van der Waals surface area contributed by atoms with Crippen LogP contribution >= 0.6 is 11.3 Å². The van der Waals surface area contributed by atoms with Crippen LogP contribution in [-0.2, 0) is 0 Å². The average molecular weight is 649 g/mol. The Balaban J connectivity index is 1.12. The second kappa shape index (κ2) is 10.1. The Labute approximate surface area is 282 Å². The fourth-order valence-electron chi connectivity index (χ4n) is 7.24. The first-order valence-electron chi connectivity index (χ1n) is 16.2. The van der Waals surface area contributed by atoms with Gasteiger partial charge in [-0.15, -0.1) is 11.3 Å². The summed E-state index contributed by atoms with van der Waals surface area (Å²) < 4.78 is 21.6. The number of benzene rings is 7. The van der Waals surface area contributed by atoms with E-state index in [0.29, 0.717) is 5.89 Å². The lowest BCUT2D eigenvalue weighted by Gasteiger charge is -2.25. The minimum absolute atomic E-state index is 0.595. The third kappa shape index (κ3) is 4.01. The maximum absolute atomic E-state index is 6.54. The number of anilines is 3. The van der Waals surface area contributed by atoms with Gasteiger partial charge in [-0.1, -0.05) is 54.6 Å². The molecule has 0 aliphatic rings. The standard InChI is InChI=1S/C43H24N2O3S/c1-2-8-25(9-3-1)43-44-42-36(48-43)20-19-35-41(42)32-18-15-28(24-38(32)47-35)45(26-16-21-40-33(22-26)31-11-5-7-13-39(31)49-40)27-14-17-30-29-10-4-6-12-34(29)46-37(30)23-27/h1-24H. The van der Waals surface area contributed by atoms with Crippen molar-refractivity contribution in [2.75, 3.05) is 4.90 Å². The molecule has 4 aromatic heterocycles. The summed E-state index contributed by atoms with van der Waals surface area (Å²) in [4.78, 5) is 7.22. The smallest absolute Gasteiger partial charge is 0.227 e. The van der Waals surface area contributed by atoms with Crippen molar-refractivity contribution in [1.29, 1.82) is 0 Å². The van der Waals surface area contributed by atoms with Gasteiger partial charge in [-0.2, -0.15) is 0 Å². The first-order chi connectivity index (χ1) is 24.2. The third-order valence-electron chi connectivity index (χ3n) is 9.50. The summed E-state index contributed by atoms with van der Waals surface area (Å²) in [6, 6.07) is 50.3. The van der Waals surface area contributed by atoms with Crippen molar-refractivity contribution in [3.8, 4) is 11.5 Å². The molecule has 0 aliphatic heterocycles. The molecule has 49 heavy (non-hydrogen) atoms. The molecule has 0 radical (unpaired) electrons. The van der Waals surface area contributed by atoms with E-state index in [1.165, 1.54) is 20.2 Å². The number of hydrogen-bond acceptors (Lipinski definition) is 6. The summed E-state index contributed by atoms with van der Waals surface area (Å²) in [6.07, 6.45) is 0. The summed E-state index contributed by atoms with van der Waals surface area (Å²) in [7, 11) is 0. The fourth-order valence-corrected chi connectivity index (χ4v) is 8.32. The van der Waals surface area contributed by atoms with Gasteiger partial charge in [0.25, 0.3) is 0 Å². The topological polar surface area (TPSA) is 55.6 Å². The monoisotopic (exact) mass is 648 g/mol. The molecule has 0 fully saturated rings. The maximum Gasteiger partial charge on any atom is 0.227 e. The number of nitrogens with zero attached hydrogens (tertiary/aromatic N) is 2. The summed E-state index contributed by atoms with van der Waals surface area (Å²) in [5, 5.41) is 6.64. The number of oxazole rings is 1. The van der Waals surface area contributed by atoms with Gasteiger partial charge in [0.1, 0.15) is 27.8 Å². The lowest BCUT2D eigenvalue weighted by Crippen LogP contribution is -2.09. The van der Waals surface area contributed by atoms with E-state index in [1.807, 2.05) is 65.9 Å². The molecule has 0 spiro atoms. The Bertz CT molecular complexity index is 3070. The number of hydrogen-bond donors (Lipinski definition) is 0. The van der Waals surface area contributed by atoms with E-state index >= 15 is 0 Å². The summed E-state index contributed by atoms with van der Waals surface area (Å²) >= 11 is 1.82. The molecule has 0 amide bonds. The minimum atomic E-state index is 0.595. The Hall–Kier alpha value is -6.37. The van der Waals surface area contributed by atoms with Crippen LogP contribution in [0, 0.1) is 0 Å². The van der Waals surface area contributed by atoms with Gasteiger partial charge in [-0.05, 0) is 78.9 Å². The number of fused-ring (bicyclic) bond motifs is 11. The lowest BCUT2D eigenvalue weighted by molar-refractivity contribution is 0.619. The van der Waals surface area contributed by atoms with Gasteiger partial charge in [0, 0.05) is 71.1 Å².